The molecular weight excluding hydrogens is 272 g/mol. The number of benzene rings is 1. The highest BCUT2D eigenvalue weighted by atomic mass is 32.2. The van der Waals surface area contributed by atoms with E-state index < -0.39 is 10.0 Å². The third-order valence-corrected chi connectivity index (χ3v) is 5.65. The fourth-order valence-electron chi connectivity index (χ4n) is 2.49. The smallest absolute Gasteiger partial charge is 0.207 e. The van der Waals surface area contributed by atoms with Gasteiger partial charge in [-0.2, -0.15) is 9.57 Å². The zero-order valence-corrected chi connectivity index (χ0v) is 12.6. The molecule has 0 N–H and O–H groups in total. The molecule has 0 radical (unpaired) electrons. The topological polar surface area (TPSA) is 61.2 Å². The average Bonchev–Trinajstić information content (AvgIpc) is 2.48. The van der Waals surface area contributed by atoms with Crippen molar-refractivity contribution in [2.24, 2.45) is 5.92 Å². The summed E-state index contributed by atoms with van der Waals surface area (Å²) in [5.74, 6) is -0.00613. The van der Waals surface area contributed by atoms with Crippen molar-refractivity contribution >= 4 is 10.0 Å². The van der Waals surface area contributed by atoms with Crippen molar-refractivity contribution < 1.29 is 8.42 Å². The molecule has 4 nitrogen and oxygen atoms in total. The Morgan fingerprint density at radius 1 is 1.25 bits per heavy atom. The molecule has 1 saturated heterocycles. The molecule has 2 rings (SSSR count). The summed E-state index contributed by atoms with van der Waals surface area (Å²) in [6.45, 7) is 2.98. The van der Waals surface area contributed by atoms with Crippen LogP contribution in [0.25, 0.3) is 0 Å². The van der Waals surface area contributed by atoms with Crippen LogP contribution in [0.15, 0.2) is 29.2 Å². The first-order chi connectivity index (χ1) is 9.57. The zero-order valence-electron chi connectivity index (χ0n) is 11.7. The molecule has 1 aliphatic heterocycles. The van der Waals surface area contributed by atoms with Gasteiger partial charge < -0.3 is 0 Å². The predicted octanol–water partition coefficient (Wildman–Crippen LogP) is 2.56. The number of aryl methyl sites for hydroxylation is 1. The molecule has 0 bridgehead atoms. The van der Waals surface area contributed by atoms with Gasteiger partial charge in [-0.25, -0.2) is 8.42 Å². The quantitative estimate of drug-likeness (QED) is 0.857. The Kier molecular flexibility index (Phi) is 4.79. The minimum atomic E-state index is -3.40. The van der Waals surface area contributed by atoms with Crippen LogP contribution in [0, 0.1) is 17.2 Å². The largest absolute Gasteiger partial charge is 0.243 e. The van der Waals surface area contributed by atoms with Gasteiger partial charge in [0.1, 0.15) is 0 Å². The standard InChI is InChI=1S/C15H20N2O2S/c1-2-3-13-4-6-15(7-5-13)20(18,19)17-10-8-14(12-16)9-11-17/h4-7,14H,2-3,8-11H2,1H3. The number of sulfonamides is 1. The third kappa shape index (κ3) is 3.20. The molecule has 1 heterocycles. The maximum absolute atomic E-state index is 12.5. The van der Waals surface area contributed by atoms with Crippen LogP contribution >= 0.6 is 0 Å². The summed E-state index contributed by atoms with van der Waals surface area (Å²) < 4.78 is 26.5. The number of nitrogens with zero attached hydrogens (tertiary/aromatic N) is 2. The summed E-state index contributed by atoms with van der Waals surface area (Å²) in [6, 6.07) is 9.37. The van der Waals surface area contributed by atoms with Crippen molar-refractivity contribution in [1.29, 1.82) is 5.26 Å². The predicted molar refractivity (Wildman–Crippen MR) is 77.5 cm³/mol. The number of hydrogen-bond acceptors (Lipinski definition) is 3. The Morgan fingerprint density at radius 2 is 1.85 bits per heavy atom. The third-order valence-electron chi connectivity index (χ3n) is 3.74. The van der Waals surface area contributed by atoms with E-state index in [1.807, 2.05) is 12.1 Å². The van der Waals surface area contributed by atoms with Gasteiger partial charge in [-0.1, -0.05) is 25.5 Å². The summed E-state index contributed by atoms with van der Waals surface area (Å²) in [5.41, 5.74) is 1.16. The van der Waals surface area contributed by atoms with Gasteiger partial charge in [-0.3, -0.25) is 0 Å². The molecule has 0 aliphatic carbocycles. The van der Waals surface area contributed by atoms with Gasteiger partial charge in [0.2, 0.25) is 10.0 Å². The molecule has 108 valence electrons. The minimum Gasteiger partial charge on any atom is -0.207 e. The van der Waals surface area contributed by atoms with Gasteiger partial charge in [-0.15, -0.1) is 0 Å². The van der Waals surface area contributed by atoms with Crippen molar-refractivity contribution in [2.45, 2.75) is 37.5 Å². The Morgan fingerprint density at radius 3 is 2.35 bits per heavy atom. The molecule has 0 unspecified atom stereocenters. The van der Waals surface area contributed by atoms with E-state index in [0.717, 1.165) is 18.4 Å². The number of piperidine rings is 1. The van der Waals surface area contributed by atoms with E-state index in [4.69, 9.17) is 5.26 Å². The van der Waals surface area contributed by atoms with Crippen LogP contribution in [0.3, 0.4) is 0 Å². The Bertz CT molecular complexity index is 579. The number of nitriles is 1. The highest BCUT2D eigenvalue weighted by molar-refractivity contribution is 7.89. The van der Waals surface area contributed by atoms with Crippen LogP contribution < -0.4 is 0 Å². The van der Waals surface area contributed by atoms with Gasteiger partial charge >= 0.3 is 0 Å². The van der Waals surface area contributed by atoms with Crippen LogP contribution in [-0.2, 0) is 16.4 Å². The molecule has 0 saturated carbocycles. The Balaban J connectivity index is 2.12. The van der Waals surface area contributed by atoms with Crippen LogP contribution in [0.1, 0.15) is 31.7 Å². The van der Waals surface area contributed by atoms with Crippen molar-refractivity contribution in [1.82, 2.24) is 4.31 Å². The minimum absolute atomic E-state index is 0.00613. The second-order valence-corrected chi connectivity index (χ2v) is 7.14. The first kappa shape index (κ1) is 15.0. The van der Waals surface area contributed by atoms with E-state index in [2.05, 4.69) is 13.0 Å². The molecule has 0 aromatic heterocycles. The highest BCUT2D eigenvalue weighted by Gasteiger charge is 2.29. The summed E-state index contributed by atoms with van der Waals surface area (Å²) in [6.07, 6.45) is 3.27. The van der Waals surface area contributed by atoms with E-state index in [0.29, 0.717) is 30.8 Å². The monoisotopic (exact) mass is 292 g/mol. The van der Waals surface area contributed by atoms with Crippen molar-refractivity contribution in [3.63, 3.8) is 0 Å². The molecule has 1 aromatic carbocycles. The van der Waals surface area contributed by atoms with Crippen molar-refractivity contribution in [2.75, 3.05) is 13.1 Å². The summed E-state index contributed by atoms with van der Waals surface area (Å²) >= 11 is 0. The second-order valence-electron chi connectivity index (χ2n) is 5.20. The molecule has 5 heteroatoms. The lowest BCUT2D eigenvalue weighted by Crippen LogP contribution is -2.38. The number of rotatable bonds is 4. The van der Waals surface area contributed by atoms with Crippen LogP contribution in [0.4, 0.5) is 0 Å². The lowest BCUT2D eigenvalue weighted by Gasteiger charge is -2.28. The van der Waals surface area contributed by atoms with E-state index in [-0.39, 0.29) is 5.92 Å². The zero-order chi connectivity index (χ0) is 14.6. The molecule has 0 atom stereocenters. The number of hydrogen-bond donors (Lipinski definition) is 0. The van der Waals surface area contributed by atoms with E-state index in [1.54, 1.807) is 12.1 Å². The van der Waals surface area contributed by atoms with Crippen LogP contribution in [-0.4, -0.2) is 25.8 Å². The first-order valence-corrected chi connectivity index (χ1v) is 8.50. The Labute approximate surface area is 121 Å². The van der Waals surface area contributed by atoms with Gasteiger partial charge in [0.05, 0.1) is 11.0 Å². The first-order valence-electron chi connectivity index (χ1n) is 7.06. The SMILES string of the molecule is CCCc1ccc(S(=O)(=O)N2CCC(C#N)CC2)cc1. The summed E-state index contributed by atoms with van der Waals surface area (Å²) in [4.78, 5) is 0.354. The molecule has 1 aliphatic rings. The van der Waals surface area contributed by atoms with E-state index in [9.17, 15) is 8.42 Å². The maximum Gasteiger partial charge on any atom is 0.243 e. The van der Waals surface area contributed by atoms with Gasteiger partial charge in [0, 0.05) is 19.0 Å². The lowest BCUT2D eigenvalue weighted by atomic mass is 10.0. The fraction of sp³-hybridized carbons (Fsp3) is 0.533. The van der Waals surface area contributed by atoms with Crippen molar-refractivity contribution in [3.8, 4) is 6.07 Å². The van der Waals surface area contributed by atoms with Gasteiger partial charge in [0.15, 0.2) is 0 Å². The fourth-order valence-corrected chi connectivity index (χ4v) is 3.96. The molecule has 20 heavy (non-hydrogen) atoms. The highest BCUT2D eigenvalue weighted by Crippen LogP contribution is 2.23. The molecule has 1 fully saturated rings. The summed E-state index contributed by atoms with van der Waals surface area (Å²) in [5, 5.41) is 8.86. The maximum atomic E-state index is 12.5. The van der Waals surface area contributed by atoms with Gasteiger partial charge in [0.25, 0.3) is 0 Å². The normalized spacial score (nSPS) is 17.8. The van der Waals surface area contributed by atoms with E-state index in [1.165, 1.54) is 4.31 Å². The van der Waals surface area contributed by atoms with Crippen LogP contribution in [0.2, 0.25) is 0 Å². The summed E-state index contributed by atoms with van der Waals surface area (Å²) in [7, 11) is -3.40. The molecule has 1 aromatic rings. The van der Waals surface area contributed by atoms with Gasteiger partial charge in [-0.05, 0) is 37.0 Å². The Hall–Kier alpha value is -1.38. The second kappa shape index (κ2) is 6.38. The lowest BCUT2D eigenvalue weighted by molar-refractivity contribution is 0.310. The average molecular weight is 292 g/mol. The van der Waals surface area contributed by atoms with Crippen molar-refractivity contribution in [3.05, 3.63) is 29.8 Å². The molecule has 0 spiro atoms. The molecular formula is C15H20N2O2S. The molecule has 0 amide bonds. The van der Waals surface area contributed by atoms with E-state index >= 15 is 0 Å². The van der Waals surface area contributed by atoms with Crippen LogP contribution in [0.5, 0.6) is 0 Å².